The normalized spacial score (nSPS) is 10.1. The van der Waals surface area contributed by atoms with Gasteiger partial charge in [0.2, 0.25) is 5.58 Å². The summed E-state index contributed by atoms with van der Waals surface area (Å²) in [6, 6.07) is 0. The maximum atomic E-state index is 10.1. The van der Waals surface area contributed by atoms with E-state index in [0.717, 1.165) is 0 Å². The summed E-state index contributed by atoms with van der Waals surface area (Å²) in [4.78, 5) is 17.8. The Kier molecular flexibility index (Phi) is 2.28. The Labute approximate surface area is 80.5 Å². The van der Waals surface area contributed by atoms with E-state index < -0.39 is 0 Å². The molecule has 2 rings (SSSR count). The van der Waals surface area contributed by atoms with E-state index >= 15 is 0 Å². The van der Waals surface area contributed by atoms with Crippen LogP contribution in [0.2, 0.25) is 0 Å². The molecule has 6 nitrogen and oxygen atoms in total. The van der Waals surface area contributed by atoms with Gasteiger partial charge in [0.05, 0.1) is 9.47 Å². The topological polar surface area (TPSA) is 74.5 Å². The van der Waals surface area contributed by atoms with Crippen molar-refractivity contribution in [3.63, 3.8) is 0 Å². The minimum Gasteiger partial charge on any atom is -0.461 e. The first-order valence-electron chi connectivity index (χ1n) is 3.56. The molecular weight excluding hydrogens is 207 g/mol. The number of rotatable bonds is 3. The molecule has 0 spiro atoms. The van der Waals surface area contributed by atoms with Gasteiger partial charge in [-0.15, -0.1) is 0 Å². The highest BCUT2D eigenvalue weighted by molar-refractivity contribution is 7.10. The first kappa shape index (κ1) is 8.90. The molecule has 0 aliphatic rings. The third kappa shape index (κ3) is 1.29. The van der Waals surface area contributed by atoms with E-state index in [1.54, 1.807) is 0 Å². The predicted molar refractivity (Wildman–Crippen MR) is 48.8 cm³/mol. The van der Waals surface area contributed by atoms with Gasteiger partial charge in [0.1, 0.15) is 12.6 Å². The van der Waals surface area contributed by atoms with Crippen molar-refractivity contribution in [2.24, 2.45) is 0 Å². The number of hydrogen-bond donors (Lipinski definition) is 0. The van der Waals surface area contributed by atoms with Crippen molar-refractivity contribution in [1.29, 1.82) is 0 Å². The molecule has 0 saturated heterocycles. The number of ether oxygens (including phenoxy) is 1. The Morgan fingerprint density at radius 1 is 1.50 bits per heavy atom. The molecule has 2 aromatic rings. The van der Waals surface area contributed by atoms with E-state index in [1.165, 1.54) is 12.6 Å². The molecule has 0 bridgehead atoms. The van der Waals surface area contributed by atoms with E-state index in [9.17, 15) is 4.79 Å². The van der Waals surface area contributed by atoms with E-state index in [1.807, 2.05) is 9.47 Å². The molecule has 1 atom stereocenters. The summed E-state index contributed by atoms with van der Waals surface area (Å²) in [5, 5.41) is 0. The Morgan fingerprint density at radius 3 is 3.07 bits per heavy atom. The number of furan rings is 1. The summed E-state index contributed by atoms with van der Waals surface area (Å²) in [5.41, 5.74) is 0.726. The lowest BCUT2D eigenvalue weighted by Gasteiger charge is -1.96. The lowest BCUT2D eigenvalue weighted by atomic mass is 10.4. The number of carbonyl (C=O) groups is 1. The van der Waals surface area contributed by atoms with Crippen molar-refractivity contribution < 1.29 is 18.5 Å². The largest absolute Gasteiger partial charge is 0.461 e. The maximum Gasteiger partial charge on any atom is 0.298 e. The van der Waals surface area contributed by atoms with E-state index in [0.29, 0.717) is 17.6 Å². The molecule has 1 unspecified atom stereocenters. The maximum absolute atomic E-state index is 10.1. The molecule has 0 aliphatic heterocycles. The van der Waals surface area contributed by atoms with Crippen LogP contribution in [0.15, 0.2) is 17.0 Å². The Bertz CT molecular complexity index is 470. The van der Waals surface area contributed by atoms with Gasteiger partial charge in [-0.25, -0.2) is 4.98 Å². The van der Waals surface area contributed by atoms with Crippen molar-refractivity contribution in [3.8, 4) is 11.6 Å². The molecule has 2 heterocycles. The zero-order chi connectivity index (χ0) is 9.97. The van der Waals surface area contributed by atoms with Crippen LogP contribution in [0, 0.1) is 0 Å². The smallest absolute Gasteiger partial charge is 0.298 e. The van der Waals surface area contributed by atoms with Gasteiger partial charge >= 0.3 is 0 Å². The second-order valence-corrected chi connectivity index (χ2v) is 2.52. The van der Waals surface area contributed by atoms with Crippen molar-refractivity contribution in [2.75, 3.05) is 0 Å². The molecule has 14 heavy (non-hydrogen) atoms. The highest BCUT2D eigenvalue weighted by Gasteiger charge is 2.13. The minimum atomic E-state index is 0.237. The van der Waals surface area contributed by atoms with Gasteiger partial charge < -0.3 is 13.7 Å². The number of aromatic nitrogens is 2. The predicted octanol–water partition coefficient (Wildman–Crippen LogP) is 0.927. The van der Waals surface area contributed by atoms with E-state index in [-0.39, 0.29) is 11.6 Å². The van der Waals surface area contributed by atoms with Gasteiger partial charge in [-0.1, -0.05) is 0 Å². The summed E-state index contributed by atoms with van der Waals surface area (Å²) in [5.74, 6) is 0.501. The van der Waals surface area contributed by atoms with E-state index in [4.69, 9.17) is 8.94 Å². The second kappa shape index (κ2) is 3.59. The van der Waals surface area contributed by atoms with Gasteiger partial charge in [-0.3, -0.25) is 4.79 Å². The Morgan fingerprint density at radius 2 is 2.36 bits per heavy atom. The summed E-state index contributed by atoms with van der Waals surface area (Å²) in [7, 11) is 2.04. The number of carbonyl (C=O) groups excluding carboxylic acids is 1. The first-order chi connectivity index (χ1) is 6.86. The summed E-state index contributed by atoms with van der Waals surface area (Å²) < 4.78 is 14.6. The van der Waals surface area contributed by atoms with Gasteiger partial charge in [0, 0.05) is 0 Å². The number of hydrogen-bond acceptors (Lipinski definition) is 6. The van der Waals surface area contributed by atoms with Gasteiger partial charge in [0.25, 0.3) is 12.4 Å². The third-order valence-corrected chi connectivity index (χ3v) is 1.80. The van der Waals surface area contributed by atoms with Crippen LogP contribution in [0.4, 0.5) is 0 Å². The third-order valence-electron chi connectivity index (χ3n) is 1.58. The molecule has 0 fully saturated rings. The molecule has 0 amide bonds. The van der Waals surface area contributed by atoms with Crippen LogP contribution in [-0.4, -0.2) is 16.4 Å². The second-order valence-electron chi connectivity index (χ2n) is 2.29. The first-order valence-corrected chi connectivity index (χ1v) is 4.03. The molecule has 0 saturated carbocycles. The molecule has 0 aromatic carbocycles. The summed E-state index contributed by atoms with van der Waals surface area (Å²) in [6.07, 6.45) is 2.55. The number of fused-ring (bicyclic) bond motifs is 1. The molecule has 72 valence electrons. The van der Waals surface area contributed by atoms with Crippen LogP contribution in [0.3, 0.4) is 0 Å². The van der Waals surface area contributed by atoms with Crippen LogP contribution in [0.5, 0.6) is 11.6 Å². The average Bonchev–Trinajstić information content (AvgIpc) is 2.62. The molecule has 0 N–H and O–H groups in total. The van der Waals surface area contributed by atoms with Crippen LogP contribution in [0.1, 0.15) is 0 Å². The minimum absolute atomic E-state index is 0.237. The average molecular weight is 212 g/mol. The van der Waals surface area contributed by atoms with Gasteiger partial charge in [0.15, 0.2) is 11.3 Å². The molecule has 7 heteroatoms. The van der Waals surface area contributed by atoms with Crippen LogP contribution in [-0.2, 0) is 4.79 Å². The molecule has 0 radical (unpaired) electrons. The lowest BCUT2D eigenvalue weighted by molar-refractivity contribution is -0.120. The van der Waals surface area contributed by atoms with Crippen molar-refractivity contribution in [1.82, 2.24) is 9.97 Å². The van der Waals surface area contributed by atoms with Crippen molar-refractivity contribution >= 4 is 27.0 Å². The quantitative estimate of drug-likeness (QED) is 0.556. The highest BCUT2D eigenvalue weighted by Crippen LogP contribution is 2.31. The fourth-order valence-electron chi connectivity index (χ4n) is 1.03. The molecule has 2 aromatic heterocycles. The molecule has 0 aliphatic carbocycles. The lowest BCUT2D eigenvalue weighted by Crippen LogP contribution is -1.89. The zero-order valence-corrected chi connectivity index (χ0v) is 7.99. The van der Waals surface area contributed by atoms with Crippen LogP contribution >= 0.6 is 9.47 Å². The van der Waals surface area contributed by atoms with Crippen LogP contribution < -0.4 is 9.26 Å². The number of nitrogens with zero attached hydrogens (tertiary/aromatic N) is 2. The molecular formula is C7H5N2O4P. The monoisotopic (exact) mass is 212 g/mol. The van der Waals surface area contributed by atoms with Crippen LogP contribution in [0.25, 0.3) is 11.1 Å². The Hall–Kier alpha value is -1.68. The van der Waals surface area contributed by atoms with Gasteiger partial charge in [-0.05, 0) is 0 Å². The fourth-order valence-corrected chi connectivity index (χ4v) is 1.19. The van der Waals surface area contributed by atoms with E-state index in [2.05, 4.69) is 14.7 Å². The SMILES string of the molecule is O=COc1coc2c(OP)ncnc12. The standard InChI is InChI=1S/C7H5N2O4P/c10-3-12-4-1-11-6-5(4)8-2-9-7(6)13-14/h1-3H,14H2. The fraction of sp³-hybridized carbons (Fsp3) is 0. The van der Waals surface area contributed by atoms with Gasteiger partial charge in [-0.2, -0.15) is 4.98 Å². The summed E-state index contributed by atoms with van der Waals surface area (Å²) >= 11 is 0. The van der Waals surface area contributed by atoms with Crippen molar-refractivity contribution in [3.05, 3.63) is 12.6 Å². The summed E-state index contributed by atoms with van der Waals surface area (Å²) in [6.45, 7) is 0.299. The highest BCUT2D eigenvalue weighted by atomic mass is 31.0. The van der Waals surface area contributed by atoms with Crippen molar-refractivity contribution in [2.45, 2.75) is 0 Å². The Balaban J connectivity index is 2.63. The zero-order valence-electron chi connectivity index (χ0n) is 6.84.